The predicted molar refractivity (Wildman–Crippen MR) is 106 cm³/mol. The summed E-state index contributed by atoms with van der Waals surface area (Å²) in [5.74, 6) is -0.0780. The predicted octanol–water partition coefficient (Wildman–Crippen LogP) is 4.49. The van der Waals surface area contributed by atoms with Gasteiger partial charge in [0.1, 0.15) is 0 Å². The van der Waals surface area contributed by atoms with E-state index in [0.29, 0.717) is 6.42 Å². The standard InChI is InChI=1S/C21H41NO3/c1-2-3-4-5-6-7-8-9-10-11-12-13-14-15-16-17-21(25)22-20(18-23)19-24/h9-10,20,23-24H,2-8,11-19H2,1H3,(H,22,25). The van der Waals surface area contributed by atoms with Gasteiger partial charge in [0.2, 0.25) is 5.91 Å². The number of allylic oxidation sites excluding steroid dienone is 2. The van der Waals surface area contributed by atoms with Crippen molar-refractivity contribution in [3.05, 3.63) is 12.2 Å². The molecule has 25 heavy (non-hydrogen) atoms. The maximum Gasteiger partial charge on any atom is 0.220 e. The zero-order valence-corrected chi connectivity index (χ0v) is 16.3. The van der Waals surface area contributed by atoms with E-state index >= 15 is 0 Å². The highest BCUT2D eigenvalue weighted by molar-refractivity contribution is 5.76. The summed E-state index contributed by atoms with van der Waals surface area (Å²) in [7, 11) is 0. The molecule has 4 nitrogen and oxygen atoms in total. The summed E-state index contributed by atoms with van der Waals surface area (Å²) >= 11 is 0. The molecule has 0 aromatic heterocycles. The molecule has 0 atom stereocenters. The van der Waals surface area contributed by atoms with E-state index in [1.54, 1.807) is 0 Å². The summed E-state index contributed by atoms with van der Waals surface area (Å²) in [6, 6.07) is -0.518. The van der Waals surface area contributed by atoms with Crippen LogP contribution in [-0.4, -0.2) is 35.4 Å². The van der Waals surface area contributed by atoms with Crippen LogP contribution in [0.5, 0.6) is 0 Å². The molecule has 0 aromatic rings. The first-order valence-corrected chi connectivity index (χ1v) is 10.4. The van der Waals surface area contributed by atoms with Gasteiger partial charge < -0.3 is 15.5 Å². The van der Waals surface area contributed by atoms with E-state index < -0.39 is 6.04 Å². The van der Waals surface area contributed by atoms with Crippen molar-refractivity contribution in [3.63, 3.8) is 0 Å². The van der Waals surface area contributed by atoms with Gasteiger partial charge in [-0.3, -0.25) is 4.79 Å². The number of rotatable bonds is 18. The number of aliphatic hydroxyl groups is 2. The molecule has 4 heteroatoms. The van der Waals surface area contributed by atoms with E-state index in [0.717, 1.165) is 12.8 Å². The first-order chi connectivity index (χ1) is 12.2. The molecule has 0 fully saturated rings. The van der Waals surface area contributed by atoms with Gasteiger partial charge in [-0.2, -0.15) is 0 Å². The summed E-state index contributed by atoms with van der Waals surface area (Å²) in [6.07, 6.45) is 21.3. The van der Waals surface area contributed by atoms with E-state index in [1.807, 2.05) is 0 Å². The van der Waals surface area contributed by atoms with Crippen LogP contribution in [0.1, 0.15) is 96.8 Å². The quantitative estimate of drug-likeness (QED) is 0.250. The van der Waals surface area contributed by atoms with Crippen LogP contribution in [0.2, 0.25) is 0 Å². The van der Waals surface area contributed by atoms with Gasteiger partial charge in [0.05, 0.1) is 19.3 Å². The molecule has 0 radical (unpaired) electrons. The summed E-state index contributed by atoms with van der Waals surface area (Å²) in [6.45, 7) is 1.83. The fourth-order valence-electron chi connectivity index (χ4n) is 2.81. The minimum atomic E-state index is -0.518. The molecular weight excluding hydrogens is 314 g/mol. The normalized spacial score (nSPS) is 11.5. The molecule has 0 aliphatic rings. The maximum absolute atomic E-state index is 11.6. The number of nitrogens with one attached hydrogen (secondary N) is 1. The summed E-state index contributed by atoms with van der Waals surface area (Å²) in [5.41, 5.74) is 0. The third kappa shape index (κ3) is 17.7. The fraction of sp³-hybridized carbons (Fsp3) is 0.857. The third-order valence-electron chi connectivity index (χ3n) is 4.47. The molecule has 0 aliphatic carbocycles. The Morgan fingerprint density at radius 1 is 0.800 bits per heavy atom. The lowest BCUT2D eigenvalue weighted by atomic mass is 10.1. The van der Waals surface area contributed by atoms with Crippen LogP contribution in [0.3, 0.4) is 0 Å². The average molecular weight is 356 g/mol. The topological polar surface area (TPSA) is 69.6 Å². The van der Waals surface area contributed by atoms with Crippen LogP contribution >= 0.6 is 0 Å². The number of carbonyl (C=O) groups is 1. The smallest absolute Gasteiger partial charge is 0.220 e. The van der Waals surface area contributed by atoms with Gasteiger partial charge in [-0.25, -0.2) is 0 Å². The number of hydrogen-bond acceptors (Lipinski definition) is 3. The second-order valence-corrected chi connectivity index (χ2v) is 6.96. The molecule has 0 saturated carbocycles. The number of unbranched alkanes of at least 4 members (excludes halogenated alkanes) is 11. The molecule has 1 amide bonds. The van der Waals surface area contributed by atoms with E-state index in [2.05, 4.69) is 24.4 Å². The van der Waals surface area contributed by atoms with Gasteiger partial charge in [0, 0.05) is 6.42 Å². The number of amides is 1. The summed E-state index contributed by atoms with van der Waals surface area (Å²) < 4.78 is 0. The van der Waals surface area contributed by atoms with Crippen molar-refractivity contribution < 1.29 is 15.0 Å². The van der Waals surface area contributed by atoms with Gasteiger partial charge in [-0.05, 0) is 32.1 Å². The van der Waals surface area contributed by atoms with Crippen LogP contribution in [0.4, 0.5) is 0 Å². The molecule has 0 heterocycles. The highest BCUT2D eigenvalue weighted by Crippen LogP contribution is 2.10. The Morgan fingerprint density at radius 3 is 1.80 bits per heavy atom. The Bertz CT molecular complexity index is 314. The lowest BCUT2D eigenvalue weighted by Crippen LogP contribution is -2.39. The molecule has 148 valence electrons. The fourth-order valence-corrected chi connectivity index (χ4v) is 2.81. The molecule has 0 saturated heterocycles. The Labute approximate surface area is 155 Å². The molecule has 0 rings (SSSR count). The Balaban J connectivity index is 3.28. The van der Waals surface area contributed by atoms with Crippen LogP contribution in [0.15, 0.2) is 12.2 Å². The molecule has 0 unspecified atom stereocenters. The molecule has 0 aromatic carbocycles. The number of hydrogen-bond donors (Lipinski definition) is 3. The van der Waals surface area contributed by atoms with Crippen molar-refractivity contribution in [2.75, 3.05) is 13.2 Å². The Hall–Kier alpha value is -0.870. The van der Waals surface area contributed by atoms with Crippen molar-refractivity contribution >= 4 is 5.91 Å². The highest BCUT2D eigenvalue weighted by atomic mass is 16.3. The molecule has 3 N–H and O–H groups in total. The van der Waals surface area contributed by atoms with Crippen molar-refractivity contribution in [2.45, 2.75) is 103 Å². The molecular formula is C21H41NO3. The monoisotopic (exact) mass is 355 g/mol. The van der Waals surface area contributed by atoms with Crippen molar-refractivity contribution in [1.29, 1.82) is 0 Å². The van der Waals surface area contributed by atoms with Gasteiger partial charge >= 0.3 is 0 Å². The highest BCUT2D eigenvalue weighted by Gasteiger charge is 2.09. The summed E-state index contributed by atoms with van der Waals surface area (Å²) in [4.78, 5) is 11.6. The van der Waals surface area contributed by atoms with Crippen LogP contribution in [0, 0.1) is 0 Å². The van der Waals surface area contributed by atoms with Crippen LogP contribution in [-0.2, 0) is 4.79 Å². The number of aliphatic hydroxyl groups excluding tert-OH is 2. The largest absolute Gasteiger partial charge is 0.394 e. The van der Waals surface area contributed by atoms with Crippen molar-refractivity contribution in [2.24, 2.45) is 0 Å². The van der Waals surface area contributed by atoms with Gasteiger partial charge in [-0.15, -0.1) is 0 Å². The van der Waals surface area contributed by atoms with E-state index in [9.17, 15) is 4.79 Å². The summed E-state index contributed by atoms with van der Waals surface area (Å²) in [5, 5.41) is 20.4. The van der Waals surface area contributed by atoms with Crippen molar-refractivity contribution in [3.8, 4) is 0 Å². The lowest BCUT2D eigenvalue weighted by molar-refractivity contribution is -0.122. The first-order valence-electron chi connectivity index (χ1n) is 10.4. The first kappa shape index (κ1) is 24.1. The van der Waals surface area contributed by atoms with Crippen LogP contribution < -0.4 is 5.32 Å². The minimum absolute atomic E-state index is 0.0780. The second kappa shape index (κ2) is 19.5. The van der Waals surface area contributed by atoms with E-state index in [1.165, 1.54) is 70.6 Å². The zero-order valence-electron chi connectivity index (χ0n) is 16.3. The minimum Gasteiger partial charge on any atom is -0.394 e. The second-order valence-electron chi connectivity index (χ2n) is 6.96. The van der Waals surface area contributed by atoms with E-state index in [4.69, 9.17) is 10.2 Å². The average Bonchev–Trinajstić information content (AvgIpc) is 2.62. The van der Waals surface area contributed by atoms with Gasteiger partial charge in [0.15, 0.2) is 0 Å². The lowest BCUT2D eigenvalue weighted by Gasteiger charge is -2.12. The van der Waals surface area contributed by atoms with Crippen molar-refractivity contribution in [1.82, 2.24) is 5.32 Å². The molecule has 0 bridgehead atoms. The Morgan fingerprint density at radius 2 is 1.28 bits per heavy atom. The SMILES string of the molecule is CCCCCCCCC=CCCCCCCCC(=O)NC(CO)CO. The number of carbonyl (C=O) groups excluding carboxylic acids is 1. The zero-order chi connectivity index (χ0) is 18.6. The van der Waals surface area contributed by atoms with Gasteiger partial charge in [-0.1, -0.05) is 70.4 Å². The molecule has 0 spiro atoms. The van der Waals surface area contributed by atoms with Gasteiger partial charge in [0.25, 0.3) is 0 Å². The third-order valence-corrected chi connectivity index (χ3v) is 4.47. The van der Waals surface area contributed by atoms with E-state index in [-0.39, 0.29) is 19.1 Å². The maximum atomic E-state index is 11.6. The molecule has 0 aliphatic heterocycles. The Kier molecular flexibility index (Phi) is 18.8. The van der Waals surface area contributed by atoms with Crippen LogP contribution in [0.25, 0.3) is 0 Å².